The molecule has 1 heterocycles. The quantitative estimate of drug-likeness (QED) is 0.849. The van der Waals surface area contributed by atoms with E-state index in [2.05, 4.69) is 0 Å². The maximum atomic E-state index is 12.2. The van der Waals surface area contributed by atoms with Gasteiger partial charge < -0.3 is 9.64 Å². The van der Waals surface area contributed by atoms with E-state index in [9.17, 15) is 4.79 Å². The van der Waals surface area contributed by atoms with Gasteiger partial charge in [0.05, 0.1) is 5.02 Å². The molecule has 108 valence electrons. The zero-order valence-corrected chi connectivity index (χ0v) is 12.8. The van der Waals surface area contributed by atoms with Crippen molar-refractivity contribution in [2.24, 2.45) is 11.8 Å². The van der Waals surface area contributed by atoms with Crippen molar-refractivity contribution in [1.29, 1.82) is 0 Å². The van der Waals surface area contributed by atoms with Crippen molar-refractivity contribution in [2.75, 3.05) is 13.1 Å². The Kier molecular flexibility index (Phi) is 3.83. The Morgan fingerprint density at radius 3 is 2.60 bits per heavy atom. The van der Waals surface area contributed by atoms with E-state index >= 15 is 0 Å². The normalized spacial score (nSPS) is 20.4. The average molecular weight is 314 g/mol. The molecule has 1 saturated heterocycles. The van der Waals surface area contributed by atoms with Crippen LogP contribution in [0.25, 0.3) is 0 Å². The van der Waals surface area contributed by atoms with Crippen LogP contribution in [-0.4, -0.2) is 30.0 Å². The van der Waals surface area contributed by atoms with E-state index in [1.165, 1.54) is 12.8 Å². The number of halogens is 2. The largest absolute Gasteiger partial charge is 0.479 e. The van der Waals surface area contributed by atoms with Crippen LogP contribution in [0.4, 0.5) is 0 Å². The van der Waals surface area contributed by atoms with Gasteiger partial charge in [0.2, 0.25) is 0 Å². The fraction of sp³-hybridized carbons (Fsp3) is 0.533. The summed E-state index contributed by atoms with van der Waals surface area (Å²) in [6.45, 7) is 3.52. The molecule has 1 aliphatic heterocycles. The number of carbonyl (C=O) groups is 1. The van der Waals surface area contributed by atoms with E-state index in [0.29, 0.717) is 21.7 Å². The fourth-order valence-corrected chi connectivity index (χ4v) is 3.08. The Morgan fingerprint density at radius 2 is 2.00 bits per heavy atom. The van der Waals surface area contributed by atoms with Gasteiger partial charge in [0.1, 0.15) is 5.75 Å². The Bertz CT molecular complexity index is 525. The summed E-state index contributed by atoms with van der Waals surface area (Å²) in [4.78, 5) is 14.1. The van der Waals surface area contributed by atoms with Gasteiger partial charge in [-0.1, -0.05) is 23.2 Å². The highest BCUT2D eigenvalue weighted by atomic mass is 35.5. The molecule has 1 amide bonds. The second-order valence-electron chi connectivity index (χ2n) is 5.68. The Hall–Kier alpha value is -0.930. The van der Waals surface area contributed by atoms with Crippen LogP contribution in [0.15, 0.2) is 18.2 Å². The minimum Gasteiger partial charge on any atom is -0.479 e. The van der Waals surface area contributed by atoms with Gasteiger partial charge in [-0.25, -0.2) is 0 Å². The second kappa shape index (κ2) is 5.45. The van der Waals surface area contributed by atoms with Gasteiger partial charge in [0, 0.05) is 18.1 Å². The summed E-state index contributed by atoms with van der Waals surface area (Å²) < 4.78 is 5.65. The molecule has 0 bridgehead atoms. The molecule has 1 aromatic rings. The van der Waals surface area contributed by atoms with Crippen molar-refractivity contribution in [2.45, 2.75) is 25.9 Å². The van der Waals surface area contributed by atoms with Crippen molar-refractivity contribution >= 4 is 29.1 Å². The standard InChI is InChI=1S/C15H17Cl2NO2/c1-9(20-14-5-4-12(16)6-13(14)17)15(19)18-7-11(8-18)10-2-3-10/h4-6,9-11H,2-3,7-8H2,1H3/t9-/m0/s1. The summed E-state index contributed by atoms with van der Waals surface area (Å²) in [7, 11) is 0. The third-order valence-electron chi connectivity index (χ3n) is 4.06. The molecular weight excluding hydrogens is 297 g/mol. The smallest absolute Gasteiger partial charge is 0.263 e. The van der Waals surface area contributed by atoms with Gasteiger partial charge in [-0.15, -0.1) is 0 Å². The molecule has 5 heteroatoms. The van der Waals surface area contributed by atoms with Gasteiger partial charge in [0.25, 0.3) is 5.91 Å². The summed E-state index contributed by atoms with van der Waals surface area (Å²) in [6.07, 6.45) is 2.15. The number of likely N-dealkylation sites (tertiary alicyclic amines) is 1. The molecule has 3 nitrogen and oxygen atoms in total. The van der Waals surface area contributed by atoms with Gasteiger partial charge in [-0.2, -0.15) is 0 Å². The molecule has 1 saturated carbocycles. The summed E-state index contributed by atoms with van der Waals surface area (Å²) in [5.74, 6) is 2.11. The van der Waals surface area contributed by atoms with E-state index in [1.807, 2.05) is 4.90 Å². The molecule has 1 atom stereocenters. The minimum atomic E-state index is -0.520. The van der Waals surface area contributed by atoms with Crippen LogP contribution >= 0.6 is 23.2 Å². The number of amides is 1. The lowest BCUT2D eigenvalue weighted by Gasteiger charge is -2.40. The highest BCUT2D eigenvalue weighted by Crippen LogP contribution is 2.41. The van der Waals surface area contributed by atoms with Crippen LogP contribution in [0.3, 0.4) is 0 Å². The van der Waals surface area contributed by atoms with E-state index < -0.39 is 6.10 Å². The molecule has 1 aliphatic carbocycles. The van der Waals surface area contributed by atoms with E-state index in [0.717, 1.165) is 19.0 Å². The summed E-state index contributed by atoms with van der Waals surface area (Å²) in [5, 5.41) is 0.980. The molecule has 0 unspecified atom stereocenters. The first-order valence-corrected chi connectivity index (χ1v) is 7.70. The fourth-order valence-electron chi connectivity index (χ4n) is 2.63. The molecule has 0 radical (unpaired) electrons. The van der Waals surface area contributed by atoms with Gasteiger partial charge in [0.15, 0.2) is 6.10 Å². The summed E-state index contributed by atoms with van der Waals surface area (Å²) in [5.41, 5.74) is 0. The Balaban J connectivity index is 1.55. The lowest BCUT2D eigenvalue weighted by atomic mass is 9.94. The molecule has 0 aromatic heterocycles. The summed E-state index contributed by atoms with van der Waals surface area (Å²) >= 11 is 11.9. The zero-order valence-electron chi connectivity index (χ0n) is 11.3. The van der Waals surface area contributed by atoms with Crippen LogP contribution in [0.1, 0.15) is 19.8 Å². The number of hydrogen-bond acceptors (Lipinski definition) is 2. The van der Waals surface area contributed by atoms with Gasteiger partial charge >= 0.3 is 0 Å². The Morgan fingerprint density at radius 1 is 1.30 bits per heavy atom. The summed E-state index contributed by atoms with van der Waals surface area (Å²) in [6, 6.07) is 5.01. The third kappa shape index (κ3) is 2.89. The Labute approximate surface area is 128 Å². The molecule has 1 aromatic carbocycles. The second-order valence-corrected chi connectivity index (χ2v) is 6.52. The first kappa shape index (κ1) is 14.0. The van der Waals surface area contributed by atoms with E-state index in [1.54, 1.807) is 25.1 Å². The average Bonchev–Trinajstić information content (AvgIpc) is 3.15. The SMILES string of the molecule is C[C@H](Oc1ccc(Cl)cc1Cl)C(=O)N1CC(C2CC2)C1. The van der Waals surface area contributed by atoms with E-state index in [4.69, 9.17) is 27.9 Å². The molecular formula is C15H17Cl2NO2. The monoisotopic (exact) mass is 313 g/mol. The highest BCUT2D eigenvalue weighted by Gasteiger charge is 2.42. The first-order valence-electron chi connectivity index (χ1n) is 6.95. The molecule has 0 spiro atoms. The maximum Gasteiger partial charge on any atom is 0.263 e. The molecule has 2 aliphatic rings. The van der Waals surface area contributed by atoms with Crippen molar-refractivity contribution in [1.82, 2.24) is 4.90 Å². The number of hydrogen-bond donors (Lipinski definition) is 0. The van der Waals surface area contributed by atoms with Crippen LogP contribution in [0.2, 0.25) is 10.0 Å². The highest BCUT2D eigenvalue weighted by molar-refractivity contribution is 6.35. The number of benzene rings is 1. The zero-order chi connectivity index (χ0) is 14.3. The topological polar surface area (TPSA) is 29.5 Å². The minimum absolute atomic E-state index is 0.0351. The number of carbonyl (C=O) groups excluding carboxylic acids is 1. The third-order valence-corrected chi connectivity index (χ3v) is 4.59. The molecule has 20 heavy (non-hydrogen) atoms. The number of ether oxygens (including phenoxy) is 1. The van der Waals surface area contributed by atoms with Crippen LogP contribution in [0, 0.1) is 11.8 Å². The number of nitrogens with zero attached hydrogens (tertiary/aromatic N) is 1. The van der Waals surface area contributed by atoms with Crippen molar-refractivity contribution in [3.63, 3.8) is 0 Å². The maximum absolute atomic E-state index is 12.2. The van der Waals surface area contributed by atoms with E-state index in [-0.39, 0.29) is 5.91 Å². The predicted molar refractivity (Wildman–Crippen MR) is 79.3 cm³/mol. The number of rotatable bonds is 4. The van der Waals surface area contributed by atoms with Crippen LogP contribution in [-0.2, 0) is 4.79 Å². The van der Waals surface area contributed by atoms with Crippen molar-refractivity contribution in [3.05, 3.63) is 28.2 Å². The van der Waals surface area contributed by atoms with Gasteiger partial charge in [-0.3, -0.25) is 4.79 Å². The molecule has 0 N–H and O–H groups in total. The van der Waals surface area contributed by atoms with Crippen molar-refractivity contribution < 1.29 is 9.53 Å². The lowest BCUT2D eigenvalue weighted by molar-refractivity contribution is -0.144. The first-order chi connectivity index (χ1) is 9.54. The predicted octanol–water partition coefficient (Wildman–Crippen LogP) is 3.63. The van der Waals surface area contributed by atoms with Crippen LogP contribution < -0.4 is 4.74 Å². The lowest BCUT2D eigenvalue weighted by Crippen LogP contribution is -2.54. The molecule has 3 rings (SSSR count). The van der Waals surface area contributed by atoms with Crippen molar-refractivity contribution in [3.8, 4) is 5.75 Å². The molecule has 2 fully saturated rings. The van der Waals surface area contributed by atoms with Gasteiger partial charge in [-0.05, 0) is 49.8 Å². The van der Waals surface area contributed by atoms with Crippen LogP contribution in [0.5, 0.6) is 5.75 Å².